The van der Waals surface area contributed by atoms with Gasteiger partial charge < -0.3 is 5.73 Å². The molecule has 0 aliphatic heterocycles. The molecule has 2 N–H and O–H groups in total. The zero-order valence-corrected chi connectivity index (χ0v) is 8.14. The minimum absolute atomic E-state index is 0.503. The number of nitriles is 1. The molecule has 0 aliphatic rings. The molecule has 2 aromatic carbocycles. The van der Waals surface area contributed by atoms with Crippen molar-refractivity contribution in [1.29, 1.82) is 5.26 Å². The molecule has 0 unspecified atom stereocenters. The van der Waals surface area contributed by atoms with E-state index in [1.807, 2.05) is 48.5 Å². The molecule has 0 amide bonds. The third kappa shape index (κ3) is 1.82. The molecule has 0 aromatic heterocycles. The summed E-state index contributed by atoms with van der Waals surface area (Å²) in [5.41, 5.74) is 7.12. The fourth-order valence-electron chi connectivity index (χ4n) is 1.52. The first kappa shape index (κ1) is 9.29. The highest BCUT2D eigenvalue weighted by Crippen LogP contribution is 2.18. The second-order valence-electron chi connectivity index (χ2n) is 3.29. The number of hydrogen-bond acceptors (Lipinski definition) is 2. The molecule has 0 aliphatic carbocycles. The van der Waals surface area contributed by atoms with Gasteiger partial charge in [-0.25, -0.2) is 0 Å². The van der Waals surface area contributed by atoms with Crippen LogP contribution in [0.2, 0.25) is 0 Å². The van der Waals surface area contributed by atoms with Gasteiger partial charge in [0.1, 0.15) is 0 Å². The zero-order chi connectivity index (χ0) is 10.7. The van der Waals surface area contributed by atoms with Gasteiger partial charge in [0.15, 0.2) is 0 Å². The van der Waals surface area contributed by atoms with E-state index in [4.69, 9.17) is 11.0 Å². The van der Waals surface area contributed by atoms with Crippen molar-refractivity contribution in [3.8, 4) is 6.07 Å². The van der Waals surface area contributed by atoms with Crippen LogP contribution in [0.15, 0.2) is 48.5 Å². The average molecular weight is 194 g/mol. The van der Waals surface area contributed by atoms with Crippen LogP contribution < -0.4 is 5.73 Å². The number of rotatable bonds is 1. The van der Waals surface area contributed by atoms with E-state index in [1.54, 1.807) is 0 Å². The lowest BCUT2D eigenvalue weighted by Gasteiger charge is -2.02. The maximum absolute atomic E-state index is 8.50. The van der Waals surface area contributed by atoms with E-state index in [0.717, 1.165) is 10.9 Å². The highest BCUT2D eigenvalue weighted by molar-refractivity contribution is 5.86. The molecule has 72 valence electrons. The summed E-state index contributed by atoms with van der Waals surface area (Å²) >= 11 is 0. The van der Waals surface area contributed by atoms with Crippen LogP contribution in [0.5, 0.6) is 0 Å². The molecule has 0 spiro atoms. The Kier molecular flexibility index (Phi) is 2.38. The van der Waals surface area contributed by atoms with Gasteiger partial charge in [0.25, 0.3) is 0 Å². The van der Waals surface area contributed by atoms with Crippen molar-refractivity contribution >= 4 is 16.5 Å². The Morgan fingerprint density at radius 1 is 1.13 bits per heavy atom. The Hall–Kier alpha value is -2.27. The van der Waals surface area contributed by atoms with Crippen molar-refractivity contribution in [2.75, 3.05) is 0 Å². The highest BCUT2D eigenvalue weighted by atomic mass is 14.6. The van der Waals surface area contributed by atoms with E-state index in [0.29, 0.717) is 5.70 Å². The van der Waals surface area contributed by atoms with Crippen LogP contribution in [0.25, 0.3) is 16.5 Å². The van der Waals surface area contributed by atoms with Crippen LogP contribution in [0.1, 0.15) is 5.56 Å². The Bertz CT molecular complexity index is 562. The minimum atomic E-state index is 0.503. The quantitative estimate of drug-likeness (QED) is 0.709. The molecule has 0 saturated carbocycles. The average Bonchev–Trinajstić information content (AvgIpc) is 2.29. The summed E-state index contributed by atoms with van der Waals surface area (Å²) in [6.07, 6.45) is 1.35. The van der Waals surface area contributed by atoms with Gasteiger partial charge >= 0.3 is 0 Å². The van der Waals surface area contributed by atoms with Gasteiger partial charge in [-0.3, -0.25) is 0 Å². The maximum atomic E-state index is 8.50. The first-order valence-corrected chi connectivity index (χ1v) is 4.66. The highest BCUT2D eigenvalue weighted by Gasteiger charge is 1.97. The Morgan fingerprint density at radius 2 is 1.87 bits per heavy atom. The summed E-state index contributed by atoms with van der Waals surface area (Å²) in [5, 5.41) is 10.8. The van der Waals surface area contributed by atoms with Gasteiger partial charge in [0, 0.05) is 11.8 Å². The van der Waals surface area contributed by atoms with E-state index in [9.17, 15) is 0 Å². The van der Waals surface area contributed by atoms with Crippen molar-refractivity contribution in [2.24, 2.45) is 5.73 Å². The maximum Gasteiger partial charge on any atom is 0.0933 e. The molecule has 0 radical (unpaired) electrons. The van der Waals surface area contributed by atoms with Crippen LogP contribution >= 0.6 is 0 Å². The van der Waals surface area contributed by atoms with E-state index >= 15 is 0 Å². The lowest BCUT2D eigenvalue weighted by molar-refractivity contribution is 1.50. The number of nitrogens with two attached hydrogens (primary N) is 1. The standard InChI is InChI=1S/C13H10N2/c14-8-7-13(15)12-6-5-10-3-1-2-4-11(10)9-12/h1-7,9H,15H2/b13-7+. The summed E-state index contributed by atoms with van der Waals surface area (Å²) in [4.78, 5) is 0. The van der Waals surface area contributed by atoms with Crippen molar-refractivity contribution in [3.05, 3.63) is 54.1 Å². The normalized spacial score (nSPS) is 11.3. The fourth-order valence-corrected chi connectivity index (χ4v) is 1.52. The van der Waals surface area contributed by atoms with E-state index in [2.05, 4.69) is 0 Å². The molecular formula is C13H10N2. The van der Waals surface area contributed by atoms with Crippen LogP contribution in [0, 0.1) is 11.3 Å². The van der Waals surface area contributed by atoms with E-state index in [1.165, 1.54) is 11.5 Å². The Morgan fingerprint density at radius 3 is 2.60 bits per heavy atom. The Balaban J connectivity index is 2.57. The molecule has 0 saturated heterocycles. The third-order valence-corrected chi connectivity index (χ3v) is 2.30. The lowest BCUT2D eigenvalue weighted by Crippen LogP contribution is -1.95. The molecule has 2 heteroatoms. The molecule has 0 atom stereocenters. The SMILES string of the molecule is N#C/C=C(/N)c1ccc2ccccc2c1. The van der Waals surface area contributed by atoms with Crippen molar-refractivity contribution < 1.29 is 0 Å². The van der Waals surface area contributed by atoms with E-state index in [-0.39, 0.29) is 0 Å². The van der Waals surface area contributed by atoms with Crippen LogP contribution in [-0.2, 0) is 0 Å². The second-order valence-corrected chi connectivity index (χ2v) is 3.29. The van der Waals surface area contributed by atoms with Crippen LogP contribution in [-0.4, -0.2) is 0 Å². The summed E-state index contributed by atoms with van der Waals surface area (Å²) in [6.45, 7) is 0. The van der Waals surface area contributed by atoms with Crippen LogP contribution in [0.3, 0.4) is 0 Å². The van der Waals surface area contributed by atoms with Crippen molar-refractivity contribution in [1.82, 2.24) is 0 Å². The topological polar surface area (TPSA) is 49.8 Å². The first-order valence-electron chi connectivity index (χ1n) is 4.66. The molecule has 0 bridgehead atoms. The molecule has 2 aromatic rings. The Labute approximate surface area is 88.3 Å². The van der Waals surface area contributed by atoms with Crippen molar-refractivity contribution in [2.45, 2.75) is 0 Å². The molecule has 2 nitrogen and oxygen atoms in total. The van der Waals surface area contributed by atoms with Gasteiger partial charge in [-0.1, -0.05) is 36.4 Å². The summed E-state index contributed by atoms with van der Waals surface area (Å²) in [5.74, 6) is 0. The molecule has 0 fully saturated rings. The van der Waals surface area contributed by atoms with E-state index < -0.39 is 0 Å². The number of hydrogen-bond donors (Lipinski definition) is 1. The number of fused-ring (bicyclic) bond motifs is 1. The predicted molar refractivity (Wildman–Crippen MR) is 61.7 cm³/mol. The lowest BCUT2D eigenvalue weighted by atomic mass is 10.1. The summed E-state index contributed by atoms with van der Waals surface area (Å²) < 4.78 is 0. The third-order valence-electron chi connectivity index (χ3n) is 2.30. The number of nitrogens with zero attached hydrogens (tertiary/aromatic N) is 1. The van der Waals surface area contributed by atoms with Gasteiger partial charge in [-0.05, 0) is 22.4 Å². The minimum Gasteiger partial charge on any atom is -0.398 e. The van der Waals surface area contributed by atoms with Crippen molar-refractivity contribution in [3.63, 3.8) is 0 Å². The predicted octanol–water partition coefficient (Wildman–Crippen LogP) is 2.66. The summed E-state index contributed by atoms with van der Waals surface area (Å²) in [7, 11) is 0. The van der Waals surface area contributed by atoms with Crippen LogP contribution in [0.4, 0.5) is 0 Å². The second kappa shape index (κ2) is 3.85. The monoisotopic (exact) mass is 194 g/mol. The molecule has 15 heavy (non-hydrogen) atoms. The first-order chi connectivity index (χ1) is 7.31. The number of benzene rings is 2. The largest absolute Gasteiger partial charge is 0.398 e. The fraction of sp³-hybridized carbons (Fsp3) is 0. The van der Waals surface area contributed by atoms with Gasteiger partial charge in [0.05, 0.1) is 6.07 Å². The smallest absolute Gasteiger partial charge is 0.0933 e. The number of allylic oxidation sites excluding steroid dienone is 1. The molecule has 0 heterocycles. The zero-order valence-electron chi connectivity index (χ0n) is 8.14. The van der Waals surface area contributed by atoms with Gasteiger partial charge in [-0.15, -0.1) is 0 Å². The molecular weight excluding hydrogens is 184 g/mol. The summed E-state index contributed by atoms with van der Waals surface area (Å²) in [6, 6.07) is 15.9. The van der Waals surface area contributed by atoms with Gasteiger partial charge in [-0.2, -0.15) is 5.26 Å². The van der Waals surface area contributed by atoms with Gasteiger partial charge in [0.2, 0.25) is 0 Å². The molecule has 2 rings (SSSR count).